The van der Waals surface area contributed by atoms with Crippen molar-refractivity contribution in [3.8, 4) is 0 Å². The lowest BCUT2D eigenvalue weighted by molar-refractivity contribution is 0.229. The first-order chi connectivity index (χ1) is 9.62. The molecule has 2 atom stereocenters. The van der Waals surface area contributed by atoms with Crippen LogP contribution in [-0.4, -0.2) is 81.1 Å². The van der Waals surface area contributed by atoms with E-state index >= 15 is 0 Å². The van der Waals surface area contributed by atoms with Crippen LogP contribution in [0.5, 0.6) is 0 Å². The third-order valence-corrected chi connectivity index (χ3v) is 6.74. The Balaban J connectivity index is 1.41. The van der Waals surface area contributed by atoms with Gasteiger partial charge >= 0.3 is 0 Å². The highest BCUT2D eigenvalue weighted by molar-refractivity contribution is 7.91. The molecule has 0 radical (unpaired) electrons. The van der Waals surface area contributed by atoms with Gasteiger partial charge < -0.3 is 10.2 Å². The van der Waals surface area contributed by atoms with Gasteiger partial charge in [-0.25, -0.2) is 8.42 Å². The Morgan fingerprint density at radius 2 is 1.95 bits per heavy atom. The first kappa shape index (κ1) is 14.8. The largest absolute Gasteiger partial charge is 0.312 e. The van der Waals surface area contributed by atoms with Crippen molar-refractivity contribution in [1.29, 1.82) is 0 Å². The van der Waals surface area contributed by atoms with Crippen LogP contribution >= 0.6 is 0 Å². The van der Waals surface area contributed by atoms with Crippen LogP contribution < -0.4 is 5.32 Å². The van der Waals surface area contributed by atoms with Gasteiger partial charge in [-0.1, -0.05) is 0 Å². The van der Waals surface area contributed by atoms with Crippen LogP contribution in [0.3, 0.4) is 0 Å². The van der Waals surface area contributed by atoms with E-state index in [0.29, 0.717) is 18.1 Å². The summed E-state index contributed by atoms with van der Waals surface area (Å²) in [6.07, 6.45) is 4.98. The van der Waals surface area contributed by atoms with E-state index in [-0.39, 0.29) is 6.04 Å². The number of hydrogen-bond acceptors (Lipinski definition) is 5. The zero-order valence-corrected chi connectivity index (χ0v) is 13.1. The van der Waals surface area contributed by atoms with E-state index in [1.165, 1.54) is 45.4 Å². The molecule has 0 aliphatic carbocycles. The first-order valence-electron chi connectivity index (χ1n) is 8.03. The van der Waals surface area contributed by atoms with Crippen LogP contribution in [0.1, 0.15) is 25.7 Å². The van der Waals surface area contributed by atoms with Crippen LogP contribution in [0.2, 0.25) is 0 Å². The van der Waals surface area contributed by atoms with Crippen molar-refractivity contribution in [2.24, 2.45) is 0 Å². The average molecular weight is 301 g/mol. The molecule has 3 aliphatic heterocycles. The van der Waals surface area contributed by atoms with E-state index in [0.717, 1.165) is 19.0 Å². The second kappa shape index (κ2) is 6.30. The quantitative estimate of drug-likeness (QED) is 0.788. The van der Waals surface area contributed by atoms with Crippen LogP contribution in [0.4, 0.5) is 0 Å². The molecule has 3 rings (SSSR count). The predicted octanol–water partition coefficient (Wildman–Crippen LogP) is -0.0668. The second-order valence-corrected chi connectivity index (χ2v) is 8.77. The first-order valence-corrected chi connectivity index (χ1v) is 9.85. The summed E-state index contributed by atoms with van der Waals surface area (Å²) in [5, 5.41) is 3.35. The molecular formula is C14H27N3O2S. The fourth-order valence-electron chi connectivity index (χ4n) is 3.81. The summed E-state index contributed by atoms with van der Waals surface area (Å²) in [4.78, 5) is 5.16. The van der Waals surface area contributed by atoms with Gasteiger partial charge in [0.05, 0.1) is 11.5 Å². The minimum atomic E-state index is -2.79. The van der Waals surface area contributed by atoms with E-state index in [1.54, 1.807) is 0 Å². The maximum atomic E-state index is 11.6. The maximum Gasteiger partial charge on any atom is 0.153 e. The highest BCUT2D eigenvalue weighted by Crippen LogP contribution is 2.20. The summed E-state index contributed by atoms with van der Waals surface area (Å²) in [5.74, 6) is 0.640. The Bertz CT molecular complexity index is 420. The molecule has 20 heavy (non-hydrogen) atoms. The molecule has 6 heteroatoms. The van der Waals surface area contributed by atoms with E-state index in [9.17, 15) is 8.42 Å². The second-order valence-electron chi connectivity index (χ2n) is 6.54. The van der Waals surface area contributed by atoms with Crippen molar-refractivity contribution in [2.45, 2.75) is 37.8 Å². The Morgan fingerprint density at radius 3 is 2.70 bits per heavy atom. The minimum absolute atomic E-state index is 0.166. The van der Waals surface area contributed by atoms with E-state index < -0.39 is 9.84 Å². The maximum absolute atomic E-state index is 11.6. The molecular weight excluding hydrogens is 274 g/mol. The third kappa shape index (κ3) is 3.72. The molecule has 0 amide bonds. The summed E-state index contributed by atoms with van der Waals surface area (Å²) in [6.45, 7) is 6.59. The molecule has 3 heterocycles. The van der Waals surface area contributed by atoms with Gasteiger partial charge in [0, 0.05) is 25.2 Å². The van der Waals surface area contributed by atoms with Gasteiger partial charge in [0.2, 0.25) is 0 Å². The molecule has 0 aromatic heterocycles. The monoisotopic (exact) mass is 301 g/mol. The van der Waals surface area contributed by atoms with Gasteiger partial charge in [-0.05, 0) is 51.9 Å². The molecule has 0 aromatic rings. The molecule has 0 bridgehead atoms. The van der Waals surface area contributed by atoms with Crippen LogP contribution in [0.25, 0.3) is 0 Å². The minimum Gasteiger partial charge on any atom is -0.312 e. The standard InChI is InChI=1S/C14H27N3O2S/c18-20(19)10-5-15-13(12-20)3-8-16-9-4-14(11-16)17-6-1-2-7-17/h13-15H,1-12H2. The number of rotatable bonds is 4. The van der Waals surface area contributed by atoms with Crippen molar-refractivity contribution < 1.29 is 8.42 Å². The number of nitrogens with zero attached hydrogens (tertiary/aromatic N) is 2. The summed E-state index contributed by atoms with van der Waals surface area (Å²) in [7, 11) is -2.79. The highest BCUT2D eigenvalue weighted by Gasteiger charge is 2.30. The predicted molar refractivity (Wildman–Crippen MR) is 80.7 cm³/mol. The van der Waals surface area contributed by atoms with E-state index in [2.05, 4.69) is 15.1 Å². The van der Waals surface area contributed by atoms with E-state index in [4.69, 9.17) is 0 Å². The van der Waals surface area contributed by atoms with Crippen molar-refractivity contribution >= 4 is 9.84 Å². The number of sulfone groups is 1. The summed E-state index contributed by atoms with van der Waals surface area (Å²) in [6, 6.07) is 0.917. The summed E-state index contributed by atoms with van der Waals surface area (Å²) in [5.41, 5.74) is 0. The average Bonchev–Trinajstić information content (AvgIpc) is 3.06. The molecule has 2 unspecified atom stereocenters. The van der Waals surface area contributed by atoms with Gasteiger partial charge in [-0.2, -0.15) is 0 Å². The van der Waals surface area contributed by atoms with Crippen LogP contribution in [0, 0.1) is 0 Å². The lowest BCUT2D eigenvalue weighted by atomic mass is 10.2. The van der Waals surface area contributed by atoms with Crippen LogP contribution in [-0.2, 0) is 9.84 Å². The topological polar surface area (TPSA) is 52.7 Å². The zero-order valence-electron chi connectivity index (χ0n) is 12.3. The fraction of sp³-hybridized carbons (Fsp3) is 1.00. The normalized spacial score (nSPS) is 35.6. The van der Waals surface area contributed by atoms with Crippen molar-refractivity contribution in [2.75, 3.05) is 50.8 Å². The van der Waals surface area contributed by atoms with Gasteiger partial charge in [0.25, 0.3) is 0 Å². The molecule has 5 nitrogen and oxygen atoms in total. The SMILES string of the molecule is O=S1(=O)CCNC(CCN2CCC(N3CCCC3)C2)C1. The molecule has 116 valence electrons. The number of nitrogens with one attached hydrogen (secondary N) is 1. The molecule has 3 saturated heterocycles. The summed E-state index contributed by atoms with van der Waals surface area (Å²) < 4.78 is 23.2. The fourth-order valence-corrected chi connectivity index (χ4v) is 5.30. The number of likely N-dealkylation sites (tertiary alicyclic amines) is 2. The number of hydrogen-bond donors (Lipinski definition) is 1. The molecule has 0 spiro atoms. The third-order valence-electron chi connectivity index (χ3n) is 5.00. The van der Waals surface area contributed by atoms with Gasteiger partial charge in [-0.3, -0.25) is 4.90 Å². The lowest BCUT2D eigenvalue weighted by Crippen LogP contribution is -2.46. The Hall–Kier alpha value is -0.170. The molecule has 3 aliphatic rings. The Labute approximate surface area is 122 Å². The molecule has 0 saturated carbocycles. The van der Waals surface area contributed by atoms with Gasteiger partial charge in [0.15, 0.2) is 9.84 Å². The summed E-state index contributed by atoms with van der Waals surface area (Å²) >= 11 is 0. The smallest absolute Gasteiger partial charge is 0.153 e. The Morgan fingerprint density at radius 1 is 1.15 bits per heavy atom. The Kier molecular flexibility index (Phi) is 4.65. The van der Waals surface area contributed by atoms with Gasteiger partial charge in [-0.15, -0.1) is 0 Å². The van der Waals surface area contributed by atoms with Crippen molar-refractivity contribution in [3.05, 3.63) is 0 Å². The van der Waals surface area contributed by atoms with Crippen molar-refractivity contribution in [3.63, 3.8) is 0 Å². The lowest BCUT2D eigenvalue weighted by Gasteiger charge is -2.27. The van der Waals surface area contributed by atoms with E-state index in [1.807, 2.05) is 0 Å². The molecule has 1 N–H and O–H groups in total. The zero-order chi connectivity index (χ0) is 14.0. The van der Waals surface area contributed by atoms with Crippen molar-refractivity contribution in [1.82, 2.24) is 15.1 Å². The molecule has 0 aromatic carbocycles. The van der Waals surface area contributed by atoms with Crippen LogP contribution in [0.15, 0.2) is 0 Å². The van der Waals surface area contributed by atoms with Gasteiger partial charge in [0.1, 0.15) is 0 Å². The molecule has 3 fully saturated rings. The highest BCUT2D eigenvalue weighted by atomic mass is 32.2.